The SMILES string of the molecule is [3H]C([3H])([3H])C(=CC=CC=CC=C)C(=O)O. The average Bonchev–Trinajstić information content (AvgIpc) is 2.08. The summed E-state index contributed by atoms with van der Waals surface area (Å²) in [5, 5.41) is 8.62. The molecular weight excluding hydrogens is 152 g/mol. The second-order valence-electron chi connectivity index (χ2n) is 1.89. The monoisotopic (exact) mass is 170 g/mol. The molecule has 0 saturated carbocycles. The summed E-state index contributed by atoms with van der Waals surface area (Å²) in [5.74, 6) is -1.44. The van der Waals surface area contributed by atoms with Gasteiger partial charge < -0.3 is 5.11 Å². The molecule has 0 atom stereocenters. The van der Waals surface area contributed by atoms with Crippen molar-refractivity contribution < 1.29 is 14.0 Å². The highest BCUT2D eigenvalue weighted by Crippen LogP contribution is 1.92. The smallest absolute Gasteiger partial charge is 0.331 e. The molecule has 0 aliphatic carbocycles. The van der Waals surface area contributed by atoms with E-state index in [4.69, 9.17) is 9.22 Å². The van der Waals surface area contributed by atoms with Crippen LogP contribution in [0.15, 0.2) is 48.6 Å². The van der Waals surface area contributed by atoms with E-state index in [2.05, 4.69) is 6.58 Å². The molecular formula is C10H12O2. The van der Waals surface area contributed by atoms with Gasteiger partial charge in [0.2, 0.25) is 0 Å². The van der Waals surface area contributed by atoms with E-state index in [9.17, 15) is 4.79 Å². The van der Waals surface area contributed by atoms with Crippen LogP contribution in [0.3, 0.4) is 0 Å². The summed E-state index contributed by atoms with van der Waals surface area (Å²) in [5.41, 5.74) is -0.606. The van der Waals surface area contributed by atoms with Gasteiger partial charge in [0.15, 0.2) is 0 Å². The van der Waals surface area contributed by atoms with Gasteiger partial charge in [0.05, 0.1) is 0 Å². The van der Waals surface area contributed by atoms with Gasteiger partial charge in [-0.1, -0.05) is 43.0 Å². The van der Waals surface area contributed by atoms with Crippen molar-refractivity contribution in [3.8, 4) is 0 Å². The van der Waals surface area contributed by atoms with Gasteiger partial charge in [-0.2, -0.15) is 0 Å². The molecule has 1 N–H and O–H groups in total. The standard InChI is InChI=1S/C10H12O2/c1-3-4-5-6-7-8-9(2)10(11)12/h3-8H,1H2,2H3,(H,11,12)/i2T3. The van der Waals surface area contributed by atoms with Crippen molar-refractivity contribution in [3.05, 3.63) is 48.6 Å². The maximum absolute atomic E-state index is 10.6. The third-order valence-electron chi connectivity index (χ3n) is 0.963. The average molecular weight is 170 g/mol. The predicted molar refractivity (Wildman–Crippen MR) is 49.9 cm³/mol. The zero-order chi connectivity index (χ0) is 11.9. The van der Waals surface area contributed by atoms with Crippen LogP contribution in [0.1, 0.15) is 11.0 Å². The number of allylic oxidation sites excluding steroid dienone is 6. The van der Waals surface area contributed by atoms with E-state index in [1.807, 2.05) is 0 Å². The minimum Gasteiger partial charge on any atom is -0.478 e. The Kier molecular flexibility index (Phi) is 3.08. The molecule has 0 radical (unpaired) electrons. The van der Waals surface area contributed by atoms with Crippen LogP contribution in [0.5, 0.6) is 0 Å². The molecule has 0 aromatic rings. The van der Waals surface area contributed by atoms with Crippen molar-refractivity contribution >= 4 is 5.97 Å². The van der Waals surface area contributed by atoms with Crippen molar-refractivity contribution in [3.63, 3.8) is 0 Å². The van der Waals surface area contributed by atoms with Crippen LogP contribution in [-0.2, 0) is 4.79 Å². The molecule has 0 aliphatic heterocycles. The number of aliphatic carboxylic acids is 1. The Labute approximate surface area is 76.4 Å². The Morgan fingerprint density at radius 2 is 2.08 bits per heavy atom. The lowest BCUT2D eigenvalue weighted by molar-refractivity contribution is -0.132. The van der Waals surface area contributed by atoms with Crippen LogP contribution in [0, 0.1) is 0 Å². The number of carboxylic acids is 1. The van der Waals surface area contributed by atoms with E-state index in [1.165, 1.54) is 12.2 Å². The molecule has 0 unspecified atom stereocenters. The molecule has 0 amide bonds. The fourth-order valence-electron chi connectivity index (χ4n) is 0.430. The quantitative estimate of drug-likeness (QED) is 0.519. The number of carboxylic acid groups (broad SMARTS) is 1. The van der Waals surface area contributed by atoms with Gasteiger partial charge in [-0.25, -0.2) is 4.79 Å². The fraction of sp³-hybridized carbons (Fsp3) is 0.100. The molecule has 0 rings (SSSR count). The lowest BCUT2D eigenvalue weighted by Gasteiger charge is -1.86. The molecule has 0 spiro atoms. The molecule has 2 heteroatoms. The molecule has 0 aromatic heterocycles. The molecule has 0 aliphatic rings. The molecule has 0 bridgehead atoms. The lowest BCUT2D eigenvalue weighted by Crippen LogP contribution is -1.94. The number of rotatable bonds is 4. The topological polar surface area (TPSA) is 37.3 Å². The van der Waals surface area contributed by atoms with Crippen molar-refractivity contribution in [1.82, 2.24) is 0 Å². The molecule has 64 valence electrons. The Hall–Kier alpha value is -1.57. The minimum atomic E-state index is -2.60. The van der Waals surface area contributed by atoms with Crippen LogP contribution >= 0.6 is 0 Å². The molecule has 0 fully saturated rings. The van der Waals surface area contributed by atoms with Gasteiger partial charge in [-0.3, -0.25) is 0 Å². The second-order valence-corrected chi connectivity index (χ2v) is 1.89. The van der Waals surface area contributed by atoms with Gasteiger partial charge in [-0.15, -0.1) is 0 Å². The van der Waals surface area contributed by atoms with Gasteiger partial charge in [-0.05, 0) is 6.85 Å². The normalized spacial score (nSPS) is 17.3. The largest absolute Gasteiger partial charge is 0.478 e. The first-order valence-electron chi connectivity index (χ1n) is 4.79. The van der Waals surface area contributed by atoms with E-state index in [0.717, 1.165) is 6.08 Å². The molecule has 0 heterocycles. The first kappa shape index (κ1) is 6.00. The Bertz CT molecular complexity index is 322. The van der Waals surface area contributed by atoms with Gasteiger partial charge in [0.1, 0.15) is 0 Å². The van der Waals surface area contributed by atoms with E-state index in [1.54, 1.807) is 18.2 Å². The van der Waals surface area contributed by atoms with Crippen molar-refractivity contribution in [2.45, 2.75) is 6.85 Å². The number of carbonyl (C=O) groups is 1. The summed E-state index contributed by atoms with van der Waals surface area (Å²) >= 11 is 0. The summed E-state index contributed by atoms with van der Waals surface area (Å²) in [6, 6.07) is 0. The summed E-state index contributed by atoms with van der Waals surface area (Å²) in [7, 11) is 0. The fourth-order valence-corrected chi connectivity index (χ4v) is 0.430. The van der Waals surface area contributed by atoms with E-state index < -0.39 is 18.4 Å². The van der Waals surface area contributed by atoms with Crippen molar-refractivity contribution in [2.75, 3.05) is 0 Å². The van der Waals surface area contributed by atoms with E-state index in [0.29, 0.717) is 0 Å². The maximum atomic E-state index is 10.6. The Balaban J connectivity index is 4.73. The maximum Gasteiger partial charge on any atom is 0.331 e. The van der Waals surface area contributed by atoms with Crippen molar-refractivity contribution in [2.24, 2.45) is 0 Å². The van der Waals surface area contributed by atoms with Crippen LogP contribution in [0.4, 0.5) is 0 Å². The van der Waals surface area contributed by atoms with Gasteiger partial charge >= 0.3 is 5.97 Å². The third-order valence-corrected chi connectivity index (χ3v) is 0.963. The lowest BCUT2D eigenvalue weighted by atomic mass is 10.3. The van der Waals surface area contributed by atoms with E-state index in [-0.39, 0.29) is 0 Å². The molecule has 0 aromatic carbocycles. The van der Waals surface area contributed by atoms with Crippen LogP contribution in [-0.4, -0.2) is 11.1 Å². The highest BCUT2D eigenvalue weighted by molar-refractivity contribution is 5.86. The predicted octanol–water partition coefficient (Wildman–Crippen LogP) is 2.32. The van der Waals surface area contributed by atoms with Gasteiger partial charge in [0, 0.05) is 9.69 Å². The van der Waals surface area contributed by atoms with E-state index >= 15 is 0 Å². The molecule has 0 saturated heterocycles. The Morgan fingerprint density at radius 3 is 2.58 bits per heavy atom. The van der Waals surface area contributed by atoms with Crippen LogP contribution < -0.4 is 0 Å². The first-order valence-corrected chi connectivity index (χ1v) is 3.29. The van der Waals surface area contributed by atoms with Crippen molar-refractivity contribution in [1.29, 1.82) is 0 Å². The first-order chi connectivity index (χ1) is 6.89. The second kappa shape index (κ2) is 6.16. The third kappa shape index (κ3) is 5.23. The minimum absolute atomic E-state index is 0.606. The highest BCUT2D eigenvalue weighted by atomic mass is 16.4. The number of hydrogen-bond donors (Lipinski definition) is 1. The Morgan fingerprint density at radius 1 is 1.42 bits per heavy atom. The summed E-state index contributed by atoms with van der Waals surface area (Å²) < 4.78 is 20.9. The zero-order valence-electron chi connectivity index (χ0n) is 9.53. The number of hydrogen-bond acceptors (Lipinski definition) is 1. The molecule has 2 nitrogen and oxygen atoms in total. The summed E-state index contributed by atoms with van der Waals surface area (Å²) in [6.07, 6.45) is 8.74. The van der Waals surface area contributed by atoms with Gasteiger partial charge in [0.25, 0.3) is 0 Å². The van der Waals surface area contributed by atoms with Crippen LogP contribution in [0.2, 0.25) is 0 Å². The molecule has 12 heavy (non-hydrogen) atoms. The summed E-state index contributed by atoms with van der Waals surface area (Å²) in [4.78, 5) is 10.6. The highest BCUT2D eigenvalue weighted by Gasteiger charge is 1.94. The van der Waals surface area contributed by atoms with Crippen LogP contribution in [0.25, 0.3) is 0 Å². The summed E-state index contributed by atoms with van der Waals surface area (Å²) in [6.45, 7) is 0.842. The zero-order valence-corrected chi connectivity index (χ0v) is 6.53.